The van der Waals surface area contributed by atoms with Gasteiger partial charge in [0.2, 0.25) is 6.79 Å². The highest BCUT2D eigenvalue weighted by atomic mass is 79.9. The van der Waals surface area contributed by atoms with E-state index in [1.54, 1.807) is 37.3 Å². The monoisotopic (exact) mass is 490 g/mol. The summed E-state index contributed by atoms with van der Waals surface area (Å²) in [7, 11) is 0. The Hall–Kier alpha value is -2.94. The minimum absolute atomic E-state index is 0.0812. The van der Waals surface area contributed by atoms with E-state index in [0.29, 0.717) is 41.8 Å². The number of rotatable bonds is 7. The lowest BCUT2D eigenvalue weighted by Crippen LogP contribution is -2.40. The fourth-order valence-corrected chi connectivity index (χ4v) is 4.10. The van der Waals surface area contributed by atoms with Gasteiger partial charge in [0.05, 0.1) is 19.8 Å². The molecular weight excluding hydrogens is 468 g/mol. The summed E-state index contributed by atoms with van der Waals surface area (Å²) in [6.07, 6.45) is 0. The second kappa shape index (κ2) is 8.30. The van der Waals surface area contributed by atoms with Gasteiger partial charge in [-0.05, 0) is 56.2 Å². The van der Waals surface area contributed by atoms with Crippen LogP contribution in [0.25, 0.3) is 0 Å². The molecule has 31 heavy (non-hydrogen) atoms. The highest BCUT2D eigenvalue weighted by molar-refractivity contribution is 9.10. The molecule has 1 atom stereocenters. The van der Waals surface area contributed by atoms with Gasteiger partial charge in [0.25, 0.3) is 5.91 Å². The van der Waals surface area contributed by atoms with E-state index in [1.807, 2.05) is 13.8 Å². The van der Waals surface area contributed by atoms with E-state index in [-0.39, 0.29) is 19.2 Å². The van der Waals surface area contributed by atoms with Crippen LogP contribution in [-0.4, -0.2) is 36.8 Å². The van der Waals surface area contributed by atoms with Crippen molar-refractivity contribution >= 4 is 27.9 Å². The molecule has 2 aliphatic heterocycles. The summed E-state index contributed by atoms with van der Waals surface area (Å²) in [4.78, 5) is 27.3. The summed E-state index contributed by atoms with van der Waals surface area (Å²) in [5, 5.41) is 2.82. The maximum atomic E-state index is 13.3. The number of nitrogens with zero attached hydrogens (tertiary/aromatic N) is 1. The zero-order valence-corrected chi connectivity index (χ0v) is 19.1. The van der Waals surface area contributed by atoms with E-state index in [1.165, 1.54) is 4.90 Å². The van der Waals surface area contributed by atoms with Crippen LogP contribution in [0.15, 0.2) is 34.8 Å². The second-order valence-corrected chi connectivity index (χ2v) is 8.13. The predicted octanol–water partition coefficient (Wildman–Crippen LogP) is 3.94. The Morgan fingerprint density at radius 2 is 1.74 bits per heavy atom. The molecule has 0 aromatic heterocycles. The SMILES string of the molecule is CCOc1cc(Br)c(CN2C(=O)N[C@@](C)(c3ccc4c(c3)OCO4)C2=O)cc1OCC. The Morgan fingerprint density at radius 1 is 1.06 bits per heavy atom. The van der Waals surface area contributed by atoms with Crippen LogP contribution < -0.4 is 24.3 Å². The third-order valence-corrected chi connectivity index (χ3v) is 6.00. The number of benzene rings is 2. The van der Waals surface area contributed by atoms with Crippen molar-refractivity contribution in [2.75, 3.05) is 20.0 Å². The molecular formula is C22H23BrN2O6. The number of imide groups is 1. The van der Waals surface area contributed by atoms with E-state index in [9.17, 15) is 9.59 Å². The molecule has 4 rings (SSSR count). The predicted molar refractivity (Wildman–Crippen MR) is 115 cm³/mol. The Labute approximate surface area is 188 Å². The van der Waals surface area contributed by atoms with Crippen molar-refractivity contribution in [3.05, 3.63) is 45.9 Å². The van der Waals surface area contributed by atoms with Crippen molar-refractivity contribution in [3.63, 3.8) is 0 Å². The summed E-state index contributed by atoms with van der Waals surface area (Å²) in [5.41, 5.74) is 0.141. The number of hydrogen-bond donors (Lipinski definition) is 1. The largest absolute Gasteiger partial charge is 0.490 e. The van der Waals surface area contributed by atoms with Crippen LogP contribution in [0.4, 0.5) is 4.79 Å². The standard InChI is InChI=1S/C22H23BrN2O6/c1-4-28-17-8-13(15(23)10-19(17)29-5-2)11-25-20(26)22(3,24-21(25)27)14-6-7-16-18(9-14)31-12-30-16/h6-10H,4-5,11-12H2,1-3H3,(H,24,27)/t22-/m0/s1. The van der Waals surface area contributed by atoms with Crippen LogP contribution >= 0.6 is 15.9 Å². The first-order valence-corrected chi connectivity index (χ1v) is 10.8. The van der Waals surface area contributed by atoms with Gasteiger partial charge in [-0.2, -0.15) is 0 Å². The van der Waals surface area contributed by atoms with Gasteiger partial charge in [-0.15, -0.1) is 0 Å². The maximum Gasteiger partial charge on any atom is 0.325 e. The van der Waals surface area contributed by atoms with Gasteiger partial charge in [0.1, 0.15) is 5.54 Å². The molecule has 0 aliphatic carbocycles. The van der Waals surface area contributed by atoms with Gasteiger partial charge in [0, 0.05) is 4.47 Å². The molecule has 164 valence electrons. The van der Waals surface area contributed by atoms with Crippen molar-refractivity contribution < 1.29 is 28.5 Å². The lowest BCUT2D eigenvalue weighted by atomic mass is 9.91. The number of hydrogen-bond acceptors (Lipinski definition) is 6. The van der Waals surface area contributed by atoms with Crippen LogP contribution in [0.5, 0.6) is 23.0 Å². The lowest BCUT2D eigenvalue weighted by molar-refractivity contribution is -0.131. The van der Waals surface area contributed by atoms with Crippen molar-refractivity contribution in [2.24, 2.45) is 0 Å². The zero-order chi connectivity index (χ0) is 22.2. The Bertz CT molecular complexity index is 1040. The molecule has 8 nitrogen and oxygen atoms in total. The van der Waals surface area contributed by atoms with Gasteiger partial charge in [-0.1, -0.05) is 22.0 Å². The Morgan fingerprint density at radius 3 is 2.45 bits per heavy atom. The van der Waals surface area contributed by atoms with Crippen LogP contribution in [0, 0.1) is 0 Å². The summed E-state index contributed by atoms with van der Waals surface area (Å²) >= 11 is 3.52. The van der Waals surface area contributed by atoms with Crippen molar-refractivity contribution in [2.45, 2.75) is 32.9 Å². The zero-order valence-electron chi connectivity index (χ0n) is 17.5. The molecule has 0 unspecified atom stereocenters. The van der Waals surface area contributed by atoms with Gasteiger partial charge >= 0.3 is 6.03 Å². The summed E-state index contributed by atoms with van der Waals surface area (Å²) < 4.78 is 22.8. The van der Waals surface area contributed by atoms with Gasteiger partial charge < -0.3 is 24.3 Å². The normalized spacial score (nSPS) is 19.5. The van der Waals surface area contributed by atoms with Gasteiger partial charge in [-0.25, -0.2) is 4.79 Å². The number of fused-ring (bicyclic) bond motifs is 1. The average molecular weight is 491 g/mol. The number of amides is 3. The summed E-state index contributed by atoms with van der Waals surface area (Å²) in [6, 6.07) is 8.33. The average Bonchev–Trinajstić information content (AvgIpc) is 3.29. The van der Waals surface area contributed by atoms with Gasteiger partial charge in [-0.3, -0.25) is 9.69 Å². The fourth-order valence-electron chi connectivity index (χ4n) is 3.65. The smallest absolute Gasteiger partial charge is 0.325 e. The van der Waals surface area contributed by atoms with Crippen molar-refractivity contribution in [1.82, 2.24) is 10.2 Å². The molecule has 3 amide bonds. The van der Waals surface area contributed by atoms with Crippen molar-refractivity contribution in [3.8, 4) is 23.0 Å². The molecule has 0 bridgehead atoms. The first kappa shape index (κ1) is 21.3. The van der Waals surface area contributed by atoms with Crippen LogP contribution in [0.1, 0.15) is 31.9 Å². The van der Waals surface area contributed by atoms with E-state index < -0.39 is 11.6 Å². The van der Waals surface area contributed by atoms with Crippen LogP contribution in [-0.2, 0) is 16.9 Å². The third-order valence-electron chi connectivity index (χ3n) is 5.27. The molecule has 2 heterocycles. The Kier molecular flexibility index (Phi) is 5.70. The quantitative estimate of drug-likeness (QED) is 0.591. The minimum Gasteiger partial charge on any atom is -0.490 e. The van der Waals surface area contributed by atoms with E-state index in [2.05, 4.69) is 21.2 Å². The molecule has 0 radical (unpaired) electrons. The number of carbonyl (C=O) groups is 2. The topological polar surface area (TPSA) is 86.3 Å². The summed E-state index contributed by atoms with van der Waals surface area (Å²) in [6.45, 7) is 6.63. The van der Waals surface area contributed by atoms with E-state index >= 15 is 0 Å². The van der Waals surface area contributed by atoms with Crippen LogP contribution in [0.3, 0.4) is 0 Å². The number of urea groups is 1. The molecule has 2 aromatic rings. The minimum atomic E-state index is -1.21. The van der Waals surface area contributed by atoms with E-state index in [0.717, 1.165) is 10.0 Å². The third kappa shape index (κ3) is 3.78. The highest BCUT2D eigenvalue weighted by Gasteiger charge is 2.49. The van der Waals surface area contributed by atoms with Crippen molar-refractivity contribution in [1.29, 1.82) is 0 Å². The van der Waals surface area contributed by atoms with Crippen LogP contribution in [0.2, 0.25) is 0 Å². The fraction of sp³-hybridized carbons (Fsp3) is 0.364. The molecule has 0 saturated carbocycles. The molecule has 1 saturated heterocycles. The molecule has 0 spiro atoms. The highest BCUT2D eigenvalue weighted by Crippen LogP contribution is 2.39. The lowest BCUT2D eigenvalue weighted by Gasteiger charge is -2.23. The number of ether oxygens (including phenoxy) is 4. The van der Waals surface area contributed by atoms with Gasteiger partial charge in [0.15, 0.2) is 23.0 Å². The molecule has 1 N–H and O–H groups in total. The Balaban J connectivity index is 1.62. The first-order chi connectivity index (χ1) is 14.9. The number of halogens is 1. The second-order valence-electron chi connectivity index (χ2n) is 7.27. The number of nitrogens with one attached hydrogen (secondary N) is 1. The number of carbonyl (C=O) groups excluding carboxylic acids is 2. The summed E-state index contributed by atoms with van der Waals surface area (Å²) in [5.74, 6) is 1.98. The van der Waals surface area contributed by atoms with E-state index in [4.69, 9.17) is 18.9 Å². The molecule has 9 heteroatoms. The molecule has 2 aliphatic rings. The maximum absolute atomic E-state index is 13.3. The molecule has 2 aromatic carbocycles. The first-order valence-electron chi connectivity index (χ1n) is 9.99. The molecule has 1 fully saturated rings.